The van der Waals surface area contributed by atoms with Gasteiger partial charge in [-0.3, -0.25) is 10.1 Å². The maximum atomic E-state index is 12.5. The molecule has 0 unspecified atom stereocenters. The second-order valence-electron chi connectivity index (χ2n) is 5.44. The van der Waals surface area contributed by atoms with Crippen LogP contribution in [0.15, 0.2) is 12.1 Å². The van der Waals surface area contributed by atoms with Crippen molar-refractivity contribution in [1.29, 1.82) is 0 Å². The third-order valence-electron chi connectivity index (χ3n) is 4.04. The first-order valence-corrected chi connectivity index (χ1v) is 8.42. The van der Waals surface area contributed by atoms with Crippen LogP contribution in [0, 0.1) is 0 Å². The maximum Gasteiger partial charge on any atom is 0.257 e. The molecule has 8 heteroatoms. The average molecular weight is 349 g/mol. The van der Waals surface area contributed by atoms with Crippen molar-refractivity contribution in [1.82, 2.24) is 10.2 Å². The quantitative estimate of drug-likeness (QED) is 0.863. The summed E-state index contributed by atoms with van der Waals surface area (Å²) in [6.45, 7) is 0. The lowest BCUT2D eigenvalue weighted by Crippen LogP contribution is -2.12. The zero-order valence-corrected chi connectivity index (χ0v) is 14.6. The van der Waals surface area contributed by atoms with Gasteiger partial charge in [-0.25, -0.2) is 0 Å². The lowest BCUT2D eigenvalue weighted by Gasteiger charge is -2.21. The minimum Gasteiger partial charge on any atom is -0.493 e. The number of nitrogens with one attached hydrogen (secondary N) is 1. The number of carbonyl (C=O) groups excluding carboxylic acids is 1. The van der Waals surface area contributed by atoms with E-state index in [0.29, 0.717) is 33.9 Å². The summed E-state index contributed by atoms with van der Waals surface area (Å²) in [5.41, 5.74) is 0.393. The van der Waals surface area contributed by atoms with E-state index in [2.05, 4.69) is 15.5 Å². The van der Waals surface area contributed by atoms with Gasteiger partial charge in [-0.1, -0.05) is 17.8 Å². The van der Waals surface area contributed by atoms with Gasteiger partial charge in [0.1, 0.15) is 5.01 Å². The average Bonchev–Trinajstić information content (AvgIpc) is 2.99. The number of nitrogens with zero attached hydrogens (tertiary/aromatic N) is 2. The first-order valence-electron chi connectivity index (χ1n) is 7.61. The summed E-state index contributed by atoms with van der Waals surface area (Å²) in [5.74, 6) is 1.49. The highest BCUT2D eigenvalue weighted by Gasteiger charge is 2.24. The van der Waals surface area contributed by atoms with Crippen LogP contribution in [0.3, 0.4) is 0 Å². The molecular weight excluding hydrogens is 330 g/mol. The maximum absolute atomic E-state index is 12.5. The molecule has 0 aliphatic heterocycles. The van der Waals surface area contributed by atoms with Gasteiger partial charge in [0.25, 0.3) is 5.91 Å². The van der Waals surface area contributed by atoms with Crippen molar-refractivity contribution in [2.24, 2.45) is 0 Å². The molecular formula is C16H19N3O4S. The van der Waals surface area contributed by atoms with Crippen LogP contribution in [0.4, 0.5) is 5.13 Å². The Balaban J connectivity index is 1.80. The van der Waals surface area contributed by atoms with Crippen molar-refractivity contribution in [3.8, 4) is 17.2 Å². The highest BCUT2D eigenvalue weighted by Crippen LogP contribution is 2.40. The molecule has 1 heterocycles. The summed E-state index contributed by atoms with van der Waals surface area (Å²) >= 11 is 1.43. The van der Waals surface area contributed by atoms with E-state index in [0.717, 1.165) is 17.8 Å². The molecule has 1 aromatic carbocycles. The Kier molecular flexibility index (Phi) is 4.84. The van der Waals surface area contributed by atoms with Crippen molar-refractivity contribution in [3.05, 3.63) is 22.7 Å². The molecule has 0 saturated heterocycles. The molecule has 0 bridgehead atoms. The van der Waals surface area contributed by atoms with Crippen molar-refractivity contribution in [2.75, 3.05) is 26.6 Å². The summed E-state index contributed by atoms with van der Waals surface area (Å²) < 4.78 is 15.8. The van der Waals surface area contributed by atoms with Crippen LogP contribution in [-0.2, 0) is 0 Å². The molecule has 1 aromatic heterocycles. The fourth-order valence-corrected chi connectivity index (χ4v) is 3.39. The number of benzene rings is 1. The summed E-state index contributed by atoms with van der Waals surface area (Å²) in [5, 5.41) is 12.5. The van der Waals surface area contributed by atoms with Gasteiger partial charge in [0.05, 0.1) is 21.3 Å². The Bertz CT molecular complexity index is 718. The van der Waals surface area contributed by atoms with Crippen LogP contribution < -0.4 is 19.5 Å². The van der Waals surface area contributed by atoms with Crippen LogP contribution in [0.5, 0.6) is 17.2 Å². The summed E-state index contributed by atoms with van der Waals surface area (Å²) in [6, 6.07) is 3.20. The van der Waals surface area contributed by atoms with Crippen LogP contribution in [0.1, 0.15) is 40.5 Å². The number of hydrogen-bond acceptors (Lipinski definition) is 7. The molecule has 3 rings (SSSR count). The third kappa shape index (κ3) is 3.14. The molecule has 1 N–H and O–H groups in total. The summed E-state index contributed by atoms with van der Waals surface area (Å²) in [7, 11) is 4.53. The number of aromatic nitrogens is 2. The van der Waals surface area contributed by atoms with Gasteiger partial charge in [-0.05, 0) is 25.0 Å². The van der Waals surface area contributed by atoms with Crippen molar-refractivity contribution >= 4 is 22.4 Å². The monoisotopic (exact) mass is 349 g/mol. The van der Waals surface area contributed by atoms with Gasteiger partial charge >= 0.3 is 0 Å². The zero-order valence-electron chi connectivity index (χ0n) is 13.8. The molecule has 128 valence electrons. The van der Waals surface area contributed by atoms with Crippen molar-refractivity contribution in [2.45, 2.75) is 25.2 Å². The third-order valence-corrected chi connectivity index (χ3v) is 5.04. The molecule has 1 aliphatic rings. The molecule has 1 fully saturated rings. The first-order chi connectivity index (χ1) is 11.7. The van der Waals surface area contributed by atoms with Gasteiger partial charge in [0.15, 0.2) is 11.5 Å². The number of amides is 1. The van der Waals surface area contributed by atoms with Gasteiger partial charge in [0, 0.05) is 11.5 Å². The number of hydrogen-bond donors (Lipinski definition) is 1. The van der Waals surface area contributed by atoms with E-state index in [1.807, 2.05) is 0 Å². The standard InChI is InChI=1S/C16H19N3O4S/c1-21-11-7-10(8-12(22-2)13(11)23-3)14(20)17-16-19-18-15(24-16)9-5-4-6-9/h7-9H,4-6H2,1-3H3,(H,17,19,20). The largest absolute Gasteiger partial charge is 0.493 e. The van der Waals surface area contributed by atoms with E-state index in [4.69, 9.17) is 14.2 Å². The Hall–Kier alpha value is -2.35. The molecule has 2 aromatic rings. The Morgan fingerprint density at radius 2 is 1.79 bits per heavy atom. The van der Waals surface area contributed by atoms with E-state index in [-0.39, 0.29) is 5.91 Å². The van der Waals surface area contributed by atoms with E-state index in [1.54, 1.807) is 12.1 Å². The molecule has 7 nitrogen and oxygen atoms in total. The Labute approximate surface area is 144 Å². The second kappa shape index (κ2) is 7.04. The number of methoxy groups -OCH3 is 3. The van der Waals surface area contributed by atoms with E-state index in [9.17, 15) is 4.79 Å². The van der Waals surface area contributed by atoms with Gasteiger partial charge in [-0.2, -0.15) is 0 Å². The number of carbonyl (C=O) groups is 1. The molecule has 0 radical (unpaired) electrons. The highest BCUT2D eigenvalue weighted by molar-refractivity contribution is 7.15. The normalized spacial score (nSPS) is 14.0. The van der Waals surface area contributed by atoms with Crippen LogP contribution in [0.25, 0.3) is 0 Å². The van der Waals surface area contributed by atoms with Crippen LogP contribution in [0.2, 0.25) is 0 Å². The predicted molar refractivity (Wildman–Crippen MR) is 90.6 cm³/mol. The van der Waals surface area contributed by atoms with E-state index < -0.39 is 0 Å². The van der Waals surface area contributed by atoms with Crippen LogP contribution in [-0.4, -0.2) is 37.4 Å². The zero-order chi connectivity index (χ0) is 17.1. The molecule has 0 atom stereocenters. The molecule has 1 aliphatic carbocycles. The molecule has 24 heavy (non-hydrogen) atoms. The summed E-state index contributed by atoms with van der Waals surface area (Å²) in [6.07, 6.45) is 3.53. The number of anilines is 1. The Morgan fingerprint density at radius 3 is 2.29 bits per heavy atom. The predicted octanol–water partition coefficient (Wildman–Crippen LogP) is 3.08. The lowest BCUT2D eigenvalue weighted by molar-refractivity contribution is 0.102. The fraction of sp³-hybridized carbons (Fsp3) is 0.438. The second-order valence-corrected chi connectivity index (χ2v) is 6.45. The minimum atomic E-state index is -0.300. The molecule has 1 amide bonds. The molecule has 0 spiro atoms. The van der Waals surface area contributed by atoms with E-state index in [1.165, 1.54) is 39.1 Å². The smallest absolute Gasteiger partial charge is 0.257 e. The molecule has 1 saturated carbocycles. The van der Waals surface area contributed by atoms with Crippen molar-refractivity contribution in [3.63, 3.8) is 0 Å². The van der Waals surface area contributed by atoms with Gasteiger partial charge in [0.2, 0.25) is 10.9 Å². The topological polar surface area (TPSA) is 82.6 Å². The fourth-order valence-electron chi connectivity index (χ4n) is 2.49. The highest BCUT2D eigenvalue weighted by atomic mass is 32.1. The van der Waals surface area contributed by atoms with E-state index >= 15 is 0 Å². The SMILES string of the molecule is COc1cc(C(=O)Nc2nnc(C3CCC3)s2)cc(OC)c1OC. The minimum absolute atomic E-state index is 0.300. The van der Waals surface area contributed by atoms with Crippen molar-refractivity contribution < 1.29 is 19.0 Å². The number of ether oxygens (including phenoxy) is 3. The number of rotatable bonds is 6. The van der Waals surface area contributed by atoms with Gasteiger partial charge in [-0.15, -0.1) is 10.2 Å². The Morgan fingerprint density at radius 1 is 1.12 bits per heavy atom. The first kappa shape index (κ1) is 16.5. The van der Waals surface area contributed by atoms with Gasteiger partial charge < -0.3 is 14.2 Å². The van der Waals surface area contributed by atoms with Crippen LogP contribution >= 0.6 is 11.3 Å². The summed E-state index contributed by atoms with van der Waals surface area (Å²) in [4.78, 5) is 12.5. The lowest BCUT2D eigenvalue weighted by atomic mass is 9.86.